The summed E-state index contributed by atoms with van der Waals surface area (Å²) in [5, 5.41) is 0.790. The number of halogens is 2. The van der Waals surface area contributed by atoms with E-state index in [1.807, 2.05) is 18.2 Å². The van der Waals surface area contributed by atoms with Gasteiger partial charge in [-0.3, -0.25) is 4.79 Å². The van der Waals surface area contributed by atoms with Gasteiger partial charge in [-0.15, -0.1) is 0 Å². The largest absolute Gasteiger partial charge is 0.288 e. The molecule has 4 heteroatoms. The monoisotopic (exact) mass is 316 g/mol. The highest BCUT2D eigenvalue weighted by molar-refractivity contribution is 9.10. The fraction of sp³-hybridized carbons (Fsp3) is 0.250. The van der Waals surface area contributed by atoms with E-state index < -0.39 is 0 Å². The third-order valence-corrected chi connectivity index (χ3v) is 3.73. The molecule has 84 valence electrons. The van der Waals surface area contributed by atoms with Crippen LogP contribution in [0.2, 0.25) is 5.02 Å². The lowest BCUT2D eigenvalue weighted by Crippen LogP contribution is -1.84. The molecule has 16 heavy (non-hydrogen) atoms. The molecule has 0 saturated heterocycles. The first-order valence-electron chi connectivity index (χ1n) is 4.67. The van der Waals surface area contributed by atoms with Crippen LogP contribution in [-0.2, 0) is 4.79 Å². The lowest BCUT2D eigenvalue weighted by Gasteiger charge is -1.95. The van der Waals surface area contributed by atoms with Crippen LogP contribution in [0, 0.1) is 11.8 Å². The van der Waals surface area contributed by atoms with Crippen molar-refractivity contribution in [3.05, 3.63) is 33.3 Å². The van der Waals surface area contributed by atoms with Gasteiger partial charge in [0.05, 0.1) is 5.02 Å². The van der Waals surface area contributed by atoms with Crippen LogP contribution in [0.25, 0.3) is 0 Å². The molecule has 0 fully saturated rings. The van der Waals surface area contributed by atoms with Gasteiger partial charge in [0.25, 0.3) is 0 Å². The molecule has 0 aliphatic carbocycles. The quantitative estimate of drug-likeness (QED) is 0.603. The van der Waals surface area contributed by atoms with Crippen LogP contribution in [0.3, 0.4) is 0 Å². The second kappa shape index (κ2) is 7.01. The number of benzene rings is 1. The Labute approximate surface area is 113 Å². The standard InChI is InChI=1S/C12H10BrClOS/c1-9(15)16-7-3-2-4-10-5-6-11(13)12(14)8-10/h5-6,8H,3,7H2,1H3. The second-order valence-corrected chi connectivity index (χ2v) is 5.55. The Morgan fingerprint density at radius 3 is 2.94 bits per heavy atom. The van der Waals surface area contributed by atoms with Crippen LogP contribution in [0.5, 0.6) is 0 Å². The van der Waals surface area contributed by atoms with Gasteiger partial charge in [0.2, 0.25) is 0 Å². The van der Waals surface area contributed by atoms with E-state index in [-0.39, 0.29) is 5.12 Å². The Bertz CT molecular complexity index is 448. The lowest BCUT2D eigenvalue weighted by atomic mass is 10.2. The van der Waals surface area contributed by atoms with Gasteiger partial charge in [0.1, 0.15) is 0 Å². The Morgan fingerprint density at radius 2 is 2.31 bits per heavy atom. The average Bonchev–Trinajstić information content (AvgIpc) is 2.22. The summed E-state index contributed by atoms with van der Waals surface area (Å²) in [5.74, 6) is 6.76. The van der Waals surface area contributed by atoms with Crippen molar-refractivity contribution in [2.24, 2.45) is 0 Å². The molecule has 0 aliphatic heterocycles. The van der Waals surface area contributed by atoms with E-state index in [2.05, 4.69) is 27.8 Å². The Balaban J connectivity index is 2.50. The first-order valence-corrected chi connectivity index (χ1v) is 6.82. The van der Waals surface area contributed by atoms with Crippen LogP contribution >= 0.6 is 39.3 Å². The summed E-state index contributed by atoms with van der Waals surface area (Å²) in [6.07, 6.45) is 0.706. The SMILES string of the molecule is CC(=O)SCCC#Cc1ccc(Br)c(Cl)c1. The molecule has 1 rings (SSSR count). The van der Waals surface area contributed by atoms with Gasteiger partial charge >= 0.3 is 0 Å². The topological polar surface area (TPSA) is 17.1 Å². The third-order valence-electron chi connectivity index (χ3n) is 1.68. The highest BCUT2D eigenvalue weighted by Gasteiger charge is 1.96. The van der Waals surface area contributed by atoms with Crippen molar-refractivity contribution in [1.82, 2.24) is 0 Å². The molecule has 0 radical (unpaired) electrons. The summed E-state index contributed by atoms with van der Waals surface area (Å²) in [7, 11) is 0. The van der Waals surface area contributed by atoms with E-state index in [4.69, 9.17) is 11.6 Å². The van der Waals surface area contributed by atoms with E-state index in [0.717, 1.165) is 15.8 Å². The van der Waals surface area contributed by atoms with Crippen molar-refractivity contribution in [2.45, 2.75) is 13.3 Å². The van der Waals surface area contributed by atoms with Gasteiger partial charge in [-0.25, -0.2) is 0 Å². The van der Waals surface area contributed by atoms with Crippen molar-refractivity contribution in [2.75, 3.05) is 5.75 Å². The van der Waals surface area contributed by atoms with E-state index in [0.29, 0.717) is 11.4 Å². The second-order valence-electron chi connectivity index (χ2n) is 3.02. The van der Waals surface area contributed by atoms with Gasteiger partial charge in [0, 0.05) is 29.1 Å². The Hall–Kier alpha value is -0.430. The zero-order chi connectivity index (χ0) is 12.0. The van der Waals surface area contributed by atoms with Crippen LogP contribution in [0.15, 0.2) is 22.7 Å². The smallest absolute Gasteiger partial charge is 0.185 e. The van der Waals surface area contributed by atoms with Crippen molar-refractivity contribution in [3.8, 4) is 11.8 Å². The van der Waals surface area contributed by atoms with E-state index in [9.17, 15) is 4.79 Å². The lowest BCUT2D eigenvalue weighted by molar-refractivity contribution is -0.109. The molecule has 0 unspecified atom stereocenters. The molecule has 0 N–H and O–H groups in total. The maximum Gasteiger partial charge on any atom is 0.185 e. The van der Waals surface area contributed by atoms with Gasteiger partial charge in [-0.05, 0) is 34.1 Å². The summed E-state index contributed by atoms with van der Waals surface area (Å²) in [5.41, 5.74) is 0.890. The molecule has 1 aromatic rings. The number of carbonyl (C=O) groups excluding carboxylic acids is 1. The van der Waals surface area contributed by atoms with Crippen molar-refractivity contribution < 1.29 is 4.79 Å². The number of hydrogen-bond donors (Lipinski definition) is 0. The summed E-state index contributed by atoms with van der Waals surface area (Å²) in [6.45, 7) is 1.56. The average molecular weight is 318 g/mol. The highest BCUT2D eigenvalue weighted by Crippen LogP contribution is 2.22. The van der Waals surface area contributed by atoms with Crippen LogP contribution < -0.4 is 0 Å². The number of rotatable bonds is 2. The number of thioether (sulfide) groups is 1. The maximum absolute atomic E-state index is 10.7. The fourth-order valence-corrected chi connectivity index (χ4v) is 1.90. The highest BCUT2D eigenvalue weighted by atomic mass is 79.9. The zero-order valence-corrected chi connectivity index (χ0v) is 11.9. The van der Waals surface area contributed by atoms with Crippen molar-refractivity contribution in [1.29, 1.82) is 0 Å². The van der Waals surface area contributed by atoms with Gasteiger partial charge in [-0.2, -0.15) is 0 Å². The summed E-state index contributed by atoms with van der Waals surface area (Å²) in [4.78, 5) is 10.7. The summed E-state index contributed by atoms with van der Waals surface area (Å²) in [6, 6.07) is 5.59. The minimum Gasteiger partial charge on any atom is -0.288 e. The van der Waals surface area contributed by atoms with Gasteiger partial charge in [0.15, 0.2) is 5.12 Å². The fourth-order valence-electron chi connectivity index (χ4n) is 0.984. The molecule has 0 heterocycles. The molecule has 1 aromatic carbocycles. The molecule has 0 atom stereocenters. The van der Waals surface area contributed by atoms with Crippen molar-refractivity contribution in [3.63, 3.8) is 0 Å². The summed E-state index contributed by atoms with van der Waals surface area (Å²) >= 11 is 10.5. The van der Waals surface area contributed by atoms with Crippen LogP contribution in [-0.4, -0.2) is 10.9 Å². The molecule has 0 saturated carbocycles. The zero-order valence-electron chi connectivity index (χ0n) is 8.72. The molecule has 0 aliphatic rings. The first-order chi connectivity index (χ1) is 7.59. The van der Waals surface area contributed by atoms with E-state index in [1.165, 1.54) is 11.8 Å². The van der Waals surface area contributed by atoms with Crippen LogP contribution in [0.1, 0.15) is 18.9 Å². The molecule has 0 spiro atoms. The Kier molecular flexibility index (Phi) is 5.97. The first kappa shape index (κ1) is 13.6. The minimum absolute atomic E-state index is 0.133. The normalized spacial score (nSPS) is 9.44. The number of carbonyl (C=O) groups is 1. The predicted molar refractivity (Wildman–Crippen MR) is 73.8 cm³/mol. The van der Waals surface area contributed by atoms with E-state index in [1.54, 1.807) is 6.92 Å². The third kappa shape index (κ3) is 5.07. The molecule has 1 nitrogen and oxygen atoms in total. The predicted octanol–water partition coefficient (Wildman–Crippen LogP) is 4.12. The summed E-state index contributed by atoms with van der Waals surface area (Å²) < 4.78 is 0.867. The molecular formula is C12H10BrClOS. The number of hydrogen-bond acceptors (Lipinski definition) is 2. The molecule has 0 aromatic heterocycles. The van der Waals surface area contributed by atoms with Gasteiger partial charge in [-0.1, -0.05) is 35.2 Å². The molecule has 0 amide bonds. The minimum atomic E-state index is 0.133. The van der Waals surface area contributed by atoms with Gasteiger partial charge < -0.3 is 0 Å². The van der Waals surface area contributed by atoms with Crippen molar-refractivity contribution >= 4 is 44.4 Å². The maximum atomic E-state index is 10.7. The molecule has 0 bridgehead atoms. The Morgan fingerprint density at radius 1 is 1.56 bits per heavy atom. The van der Waals surface area contributed by atoms with Crippen LogP contribution in [0.4, 0.5) is 0 Å². The molecular weight excluding hydrogens is 308 g/mol. The van der Waals surface area contributed by atoms with E-state index >= 15 is 0 Å².